The van der Waals surface area contributed by atoms with Gasteiger partial charge in [-0.15, -0.1) is 0 Å². The third-order valence-electron chi connectivity index (χ3n) is 14.0. The van der Waals surface area contributed by atoms with Crippen LogP contribution in [0, 0.1) is 0 Å². The van der Waals surface area contributed by atoms with E-state index in [1.54, 1.807) is 0 Å². The average molecular weight is 930 g/mol. The summed E-state index contributed by atoms with van der Waals surface area (Å²) >= 11 is 0. The molecule has 3 nitrogen and oxygen atoms in total. The molecule has 13 aromatic rings. The van der Waals surface area contributed by atoms with Crippen LogP contribution in [0.3, 0.4) is 0 Å². The molecule has 0 aliphatic carbocycles. The van der Waals surface area contributed by atoms with Gasteiger partial charge in [-0.25, -0.2) is 9.97 Å². The predicted molar refractivity (Wildman–Crippen MR) is 305 cm³/mol. The summed E-state index contributed by atoms with van der Waals surface area (Å²) in [6.45, 7) is 0. The van der Waals surface area contributed by atoms with Gasteiger partial charge >= 0.3 is 0 Å². The summed E-state index contributed by atoms with van der Waals surface area (Å²) in [5.74, 6) is 0.675. The normalized spacial score (nSPS) is 11.3. The minimum absolute atomic E-state index is 0.675. The molecule has 0 spiro atoms. The van der Waals surface area contributed by atoms with Crippen LogP contribution in [0.25, 0.3) is 128 Å². The molecule has 0 saturated carbocycles. The van der Waals surface area contributed by atoms with Crippen LogP contribution in [-0.4, -0.2) is 14.5 Å². The Morgan fingerprint density at radius 1 is 0.233 bits per heavy atom. The van der Waals surface area contributed by atoms with E-state index in [-0.39, 0.29) is 0 Å². The van der Waals surface area contributed by atoms with Crippen molar-refractivity contribution in [2.75, 3.05) is 0 Å². The molecule has 13 rings (SSSR count). The van der Waals surface area contributed by atoms with Gasteiger partial charge in [0.2, 0.25) is 0 Å². The fourth-order valence-corrected chi connectivity index (χ4v) is 10.6. The highest BCUT2D eigenvalue weighted by atomic mass is 15.0. The molecule has 0 atom stereocenters. The van der Waals surface area contributed by atoms with Crippen LogP contribution in [0.4, 0.5) is 0 Å². The fraction of sp³-hybridized carbons (Fsp3) is 0. The SMILES string of the molecule is c1ccc(-c2cc(-c3ccccc3)c3c(c2)c2c(-c4ccccc4)ccc(-c4ccccc4)c2n3-c2c(-c3ccccc3)cc(-c3cc(-c4ccccc4)nc(-c4ccccc4)n3)cc2-c2ccccc2)cc1. The lowest BCUT2D eigenvalue weighted by molar-refractivity contribution is 1.17. The Kier molecular flexibility index (Phi) is 11.2. The van der Waals surface area contributed by atoms with Crippen LogP contribution in [0.2, 0.25) is 0 Å². The molecule has 342 valence electrons. The molecule has 2 aromatic heterocycles. The van der Waals surface area contributed by atoms with Gasteiger partial charge in [0.25, 0.3) is 0 Å². The van der Waals surface area contributed by atoms with Gasteiger partial charge in [0, 0.05) is 49.7 Å². The molecule has 0 radical (unpaired) electrons. The largest absolute Gasteiger partial charge is 0.307 e. The lowest BCUT2D eigenvalue weighted by atomic mass is 9.91. The Labute approximate surface area is 425 Å². The van der Waals surface area contributed by atoms with Gasteiger partial charge in [-0.3, -0.25) is 0 Å². The van der Waals surface area contributed by atoms with Gasteiger partial charge in [0.1, 0.15) is 0 Å². The zero-order valence-electron chi connectivity index (χ0n) is 40.0. The number of fused-ring (bicyclic) bond motifs is 3. The number of benzene rings is 11. The van der Waals surface area contributed by atoms with E-state index >= 15 is 0 Å². The molecule has 11 aromatic carbocycles. The van der Waals surface area contributed by atoms with Crippen LogP contribution < -0.4 is 0 Å². The van der Waals surface area contributed by atoms with Crippen molar-refractivity contribution in [1.29, 1.82) is 0 Å². The van der Waals surface area contributed by atoms with Gasteiger partial charge in [-0.1, -0.05) is 255 Å². The predicted octanol–water partition coefficient (Wildman–Crippen LogP) is 18.6. The van der Waals surface area contributed by atoms with Crippen LogP contribution >= 0.6 is 0 Å². The molecule has 0 saturated heterocycles. The monoisotopic (exact) mass is 929 g/mol. The molecule has 0 amide bonds. The molecule has 0 aliphatic rings. The molecule has 0 fully saturated rings. The maximum atomic E-state index is 5.43. The Morgan fingerprint density at radius 3 is 1.07 bits per heavy atom. The average Bonchev–Trinajstić information content (AvgIpc) is 3.83. The van der Waals surface area contributed by atoms with E-state index in [1.165, 1.54) is 16.3 Å². The number of hydrogen-bond acceptors (Lipinski definition) is 2. The summed E-state index contributed by atoms with van der Waals surface area (Å²) in [7, 11) is 0. The third kappa shape index (κ3) is 8.09. The van der Waals surface area contributed by atoms with E-state index < -0.39 is 0 Å². The van der Waals surface area contributed by atoms with Crippen molar-refractivity contribution in [2.24, 2.45) is 0 Å². The minimum atomic E-state index is 0.675. The van der Waals surface area contributed by atoms with Crippen molar-refractivity contribution in [2.45, 2.75) is 0 Å². The lowest BCUT2D eigenvalue weighted by Gasteiger charge is -2.23. The Morgan fingerprint density at radius 2 is 0.589 bits per heavy atom. The van der Waals surface area contributed by atoms with E-state index in [1.807, 2.05) is 12.1 Å². The molecule has 0 aliphatic heterocycles. The quantitative estimate of drug-likeness (QED) is 0.137. The first-order valence-corrected chi connectivity index (χ1v) is 24.9. The zero-order valence-corrected chi connectivity index (χ0v) is 40.0. The minimum Gasteiger partial charge on any atom is -0.307 e. The molecule has 0 N–H and O–H groups in total. The molecular formula is C70H47N3. The summed E-state index contributed by atoms with van der Waals surface area (Å²) in [4.78, 5) is 10.6. The van der Waals surface area contributed by atoms with Crippen molar-refractivity contribution < 1.29 is 0 Å². The summed E-state index contributed by atoms with van der Waals surface area (Å²) in [5.41, 5.74) is 21.6. The fourth-order valence-electron chi connectivity index (χ4n) is 10.6. The highest BCUT2D eigenvalue weighted by Gasteiger charge is 2.28. The second-order valence-corrected chi connectivity index (χ2v) is 18.4. The van der Waals surface area contributed by atoms with Crippen molar-refractivity contribution >= 4 is 21.8 Å². The van der Waals surface area contributed by atoms with Gasteiger partial charge in [-0.05, 0) is 74.8 Å². The maximum absolute atomic E-state index is 5.43. The Balaban J connectivity index is 1.25. The zero-order chi connectivity index (χ0) is 48.5. The van der Waals surface area contributed by atoms with Crippen LogP contribution in [-0.2, 0) is 0 Å². The highest BCUT2D eigenvalue weighted by molar-refractivity contribution is 6.23. The first-order chi connectivity index (χ1) is 36.2. The summed E-state index contributed by atoms with van der Waals surface area (Å²) < 4.78 is 2.62. The Bertz CT molecular complexity index is 3950. The number of nitrogens with zero attached hydrogens (tertiary/aromatic N) is 3. The first-order valence-electron chi connectivity index (χ1n) is 24.9. The van der Waals surface area contributed by atoms with E-state index in [4.69, 9.17) is 9.97 Å². The van der Waals surface area contributed by atoms with E-state index in [0.717, 1.165) is 106 Å². The van der Waals surface area contributed by atoms with Gasteiger partial charge < -0.3 is 4.57 Å². The number of aromatic nitrogens is 3. The van der Waals surface area contributed by atoms with Crippen molar-refractivity contribution in [3.8, 4) is 106 Å². The molecule has 0 unspecified atom stereocenters. The standard InChI is InChI=1S/C70H47N3/c1-9-25-48(26-10-1)56-43-60(51-31-15-4-16-32-51)68-63(44-56)66-58(49-27-11-2-12-28-49)41-42-59(50-29-13-3-14-30-50)69(66)73(68)67-61(52-33-17-5-18-34-52)45-57(46-62(67)53-35-19-6-20-36-53)65-47-64(54-37-21-7-22-38-54)71-70(72-65)55-39-23-8-24-40-55/h1-47H. The van der Waals surface area contributed by atoms with Crippen molar-refractivity contribution in [1.82, 2.24) is 14.5 Å². The Hall–Kier alpha value is -9.70. The molecule has 2 heterocycles. The van der Waals surface area contributed by atoms with Crippen molar-refractivity contribution in [3.63, 3.8) is 0 Å². The van der Waals surface area contributed by atoms with Gasteiger partial charge in [0.05, 0.1) is 28.1 Å². The van der Waals surface area contributed by atoms with Crippen LogP contribution in [0.15, 0.2) is 285 Å². The third-order valence-corrected chi connectivity index (χ3v) is 14.0. The lowest BCUT2D eigenvalue weighted by Crippen LogP contribution is -2.04. The van der Waals surface area contributed by atoms with E-state index in [2.05, 4.69) is 278 Å². The maximum Gasteiger partial charge on any atom is 0.160 e. The molecular weight excluding hydrogens is 883 g/mol. The second kappa shape index (κ2) is 18.9. The highest BCUT2D eigenvalue weighted by Crippen LogP contribution is 2.51. The van der Waals surface area contributed by atoms with E-state index in [0.29, 0.717) is 5.82 Å². The van der Waals surface area contributed by atoms with Crippen LogP contribution in [0.1, 0.15) is 0 Å². The molecule has 0 bridgehead atoms. The van der Waals surface area contributed by atoms with Gasteiger partial charge in [0.15, 0.2) is 5.82 Å². The number of hydrogen-bond donors (Lipinski definition) is 0. The van der Waals surface area contributed by atoms with Crippen LogP contribution in [0.5, 0.6) is 0 Å². The molecule has 3 heteroatoms. The molecule has 73 heavy (non-hydrogen) atoms. The topological polar surface area (TPSA) is 30.7 Å². The smallest absolute Gasteiger partial charge is 0.160 e. The van der Waals surface area contributed by atoms with Crippen molar-refractivity contribution in [3.05, 3.63) is 285 Å². The second-order valence-electron chi connectivity index (χ2n) is 18.4. The number of rotatable bonds is 10. The summed E-state index contributed by atoms with van der Waals surface area (Å²) in [6.07, 6.45) is 0. The first kappa shape index (κ1) is 43.3. The summed E-state index contributed by atoms with van der Waals surface area (Å²) in [6, 6.07) is 102. The van der Waals surface area contributed by atoms with Gasteiger partial charge in [-0.2, -0.15) is 0 Å². The van der Waals surface area contributed by atoms with E-state index in [9.17, 15) is 0 Å². The summed E-state index contributed by atoms with van der Waals surface area (Å²) in [5, 5.41) is 2.36.